The summed E-state index contributed by atoms with van der Waals surface area (Å²) in [6, 6.07) is 21.8. The van der Waals surface area contributed by atoms with Gasteiger partial charge in [-0.25, -0.2) is 9.98 Å². The van der Waals surface area contributed by atoms with Crippen molar-refractivity contribution in [2.24, 2.45) is 10.1 Å². The highest BCUT2D eigenvalue weighted by Gasteiger charge is 2.25. The number of pyridine rings is 1. The average Bonchev–Trinajstić information content (AvgIpc) is 3.43. The fourth-order valence-corrected chi connectivity index (χ4v) is 4.26. The van der Waals surface area contributed by atoms with Gasteiger partial charge in [0, 0.05) is 17.3 Å². The number of aromatic hydroxyl groups is 2. The van der Waals surface area contributed by atoms with E-state index in [1.165, 1.54) is 37.6 Å². The van der Waals surface area contributed by atoms with Crippen molar-refractivity contribution in [3.63, 3.8) is 0 Å². The lowest BCUT2D eigenvalue weighted by molar-refractivity contribution is 0.373. The Hall–Kier alpha value is -6.20. The molecule has 2 heterocycles. The van der Waals surface area contributed by atoms with Gasteiger partial charge < -0.3 is 19.9 Å². The van der Waals surface area contributed by atoms with Crippen molar-refractivity contribution in [1.82, 2.24) is 14.6 Å². The molecule has 200 valence electrons. The van der Waals surface area contributed by atoms with E-state index in [-0.39, 0.29) is 45.5 Å². The van der Waals surface area contributed by atoms with Crippen molar-refractivity contribution in [2.75, 3.05) is 7.11 Å². The molecule has 0 spiro atoms. The molecule has 0 aliphatic carbocycles. The van der Waals surface area contributed by atoms with Crippen molar-refractivity contribution in [3.8, 4) is 40.5 Å². The quantitative estimate of drug-likeness (QED) is 0.263. The van der Waals surface area contributed by atoms with Gasteiger partial charge in [0.1, 0.15) is 34.7 Å². The number of aliphatic imine (C=N–C) groups is 1. The van der Waals surface area contributed by atoms with Crippen LogP contribution in [0.1, 0.15) is 29.4 Å². The molecule has 41 heavy (non-hydrogen) atoms. The average molecular weight is 544 g/mol. The van der Waals surface area contributed by atoms with Crippen molar-refractivity contribution in [3.05, 3.63) is 99.6 Å². The molecule has 0 unspecified atom stereocenters. The van der Waals surface area contributed by atoms with Crippen LogP contribution in [0.25, 0.3) is 22.2 Å². The summed E-state index contributed by atoms with van der Waals surface area (Å²) in [5.74, 6) is 0.0824. The van der Waals surface area contributed by atoms with Crippen LogP contribution in [0, 0.1) is 22.7 Å². The summed E-state index contributed by atoms with van der Waals surface area (Å²) in [5.41, 5.74) is 0.856. The molecular weight excluding hydrogens is 522 g/mol. The van der Waals surface area contributed by atoms with E-state index in [9.17, 15) is 25.5 Å². The molecular formula is C30H21N7O4. The van der Waals surface area contributed by atoms with Crippen LogP contribution < -0.4 is 10.3 Å². The molecule has 0 aliphatic rings. The summed E-state index contributed by atoms with van der Waals surface area (Å²) >= 11 is 0. The summed E-state index contributed by atoms with van der Waals surface area (Å²) < 4.78 is 6.03. The van der Waals surface area contributed by atoms with Gasteiger partial charge in [0.25, 0.3) is 5.56 Å². The predicted molar refractivity (Wildman–Crippen MR) is 153 cm³/mol. The molecule has 11 heteroatoms. The highest BCUT2D eigenvalue weighted by Crippen LogP contribution is 2.37. The number of hydrogen-bond donors (Lipinski definition) is 3. The van der Waals surface area contributed by atoms with Crippen LogP contribution >= 0.6 is 0 Å². The topological polar surface area (TPSA) is 173 Å². The Balaban J connectivity index is 1.80. The fourth-order valence-electron chi connectivity index (χ4n) is 4.26. The SMILES string of the molecule is COc1cc(C=Nc2c(C#N)c(-c3ccccc3O)c(C#N)c(=O)n2/N=C(\C)c2nc3ccccc3[nH]2)ccc1O. The maximum Gasteiger partial charge on any atom is 0.291 e. The van der Waals surface area contributed by atoms with Gasteiger partial charge in [0.15, 0.2) is 23.1 Å². The zero-order chi connectivity index (χ0) is 29.1. The molecule has 0 radical (unpaired) electrons. The summed E-state index contributed by atoms with van der Waals surface area (Å²) in [6.07, 6.45) is 1.36. The zero-order valence-corrected chi connectivity index (χ0v) is 21.8. The van der Waals surface area contributed by atoms with E-state index in [2.05, 4.69) is 20.1 Å². The second-order valence-corrected chi connectivity index (χ2v) is 8.78. The number of nitrogens with zero attached hydrogens (tertiary/aromatic N) is 6. The highest BCUT2D eigenvalue weighted by atomic mass is 16.5. The number of nitrogens with one attached hydrogen (secondary N) is 1. The second kappa shape index (κ2) is 10.9. The number of aromatic nitrogens is 3. The Morgan fingerprint density at radius 1 is 1.02 bits per heavy atom. The number of phenols is 2. The van der Waals surface area contributed by atoms with Crippen LogP contribution in [0.2, 0.25) is 0 Å². The summed E-state index contributed by atoms with van der Waals surface area (Å²) in [7, 11) is 1.40. The number of benzene rings is 3. The fraction of sp³-hybridized carbons (Fsp3) is 0.0667. The molecule has 5 rings (SSSR count). The van der Waals surface area contributed by atoms with Crippen molar-refractivity contribution < 1.29 is 14.9 Å². The smallest absolute Gasteiger partial charge is 0.291 e. The molecule has 11 nitrogen and oxygen atoms in total. The molecule has 0 amide bonds. The lowest BCUT2D eigenvalue weighted by Gasteiger charge is -2.14. The lowest BCUT2D eigenvalue weighted by Crippen LogP contribution is -2.23. The molecule has 0 bridgehead atoms. The Morgan fingerprint density at radius 3 is 2.46 bits per heavy atom. The van der Waals surface area contributed by atoms with Gasteiger partial charge in [-0.2, -0.15) is 20.3 Å². The molecule has 0 aliphatic heterocycles. The van der Waals surface area contributed by atoms with Gasteiger partial charge in [-0.3, -0.25) is 4.79 Å². The van der Waals surface area contributed by atoms with Gasteiger partial charge in [0.05, 0.1) is 18.1 Å². The minimum atomic E-state index is -0.851. The van der Waals surface area contributed by atoms with Crippen LogP contribution in [0.15, 0.2) is 81.6 Å². The van der Waals surface area contributed by atoms with E-state index < -0.39 is 11.1 Å². The van der Waals surface area contributed by atoms with Crippen molar-refractivity contribution in [1.29, 1.82) is 10.5 Å². The summed E-state index contributed by atoms with van der Waals surface area (Å²) in [6.45, 7) is 1.62. The number of imidazole rings is 1. The number of hydrogen-bond acceptors (Lipinski definition) is 9. The molecule has 0 atom stereocenters. The molecule has 0 fully saturated rings. The number of para-hydroxylation sites is 3. The Bertz CT molecular complexity index is 1990. The van der Waals surface area contributed by atoms with Crippen LogP contribution in [0.4, 0.5) is 5.82 Å². The van der Waals surface area contributed by atoms with E-state index >= 15 is 0 Å². The van der Waals surface area contributed by atoms with Crippen LogP contribution in [0.5, 0.6) is 17.2 Å². The van der Waals surface area contributed by atoms with Gasteiger partial charge in [0.2, 0.25) is 0 Å². The Kier molecular flexibility index (Phi) is 7.01. The number of aromatic amines is 1. The minimum Gasteiger partial charge on any atom is -0.507 e. The lowest BCUT2D eigenvalue weighted by atomic mass is 9.96. The number of ether oxygens (including phenoxy) is 1. The van der Waals surface area contributed by atoms with Gasteiger partial charge in [-0.05, 0) is 48.9 Å². The first-order valence-corrected chi connectivity index (χ1v) is 12.2. The third kappa shape index (κ3) is 4.87. The maximum absolute atomic E-state index is 13.8. The monoisotopic (exact) mass is 543 g/mol. The van der Waals surface area contributed by atoms with E-state index in [4.69, 9.17) is 4.74 Å². The van der Waals surface area contributed by atoms with E-state index in [1.807, 2.05) is 36.4 Å². The highest BCUT2D eigenvalue weighted by molar-refractivity contribution is 5.98. The standard InChI is InChI=1S/C30H21N7O4/c1-17(28-34-22-8-4-5-9-23(22)35-28)36-37-29(33-16-18-11-12-25(39)26(13-18)41-2)20(14-31)27(21(15-32)30(37)40)19-7-3-6-10-24(19)38/h3-13,16,38-39H,1-2H3,(H,34,35)/b33-16?,36-17+. The first kappa shape index (κ1) is 26.4. The van der Waals surface area contributed by atoms with Crippen LogP contribution in [-0.4, -0.2) is 43.9 Å². The normalized spacial score (nSPS) is 11.5. The third-order valence-corrected chi connectivity index (χ3v) is 6.25. The number of methoxy groups -OCH3 is 1. The minimum absolute atomic E-state index is 0.0682. The Morgan fingerprint density at radius 2 is 1.76 bits per heavy atom. The van der Waals surface area contributed by atoms with Crippen LogP contribution in [-0.2, 0) is 0 Å². The number of phenolic OH excluding ortho intramolecular Hbond substituents is 2. The number of fused-ring (bicyclic) bond motifs is 1. The predicted octanol–water partition coefficient (Wildman–Crippen LogP) is 4.58. The van der Waals surface area contributed by atoms with Crippen LogP contribution in [0.3, 0.4) is 0 Å². The molecule has 2 aromatic heterocycles. The van der Waals surface area contributed by atoms with E-state index in [0.717, 1.165) is 10.2 Å². The number of H-pyrrole nitrogens is 1. The molecule has 5 aromatic rings. The van der Waals surface area contributed by atoms with E-state index in [0.29, 0.717) is 16.9 Å². The zero-order valence-electron chi connectivity index (χ0n) is 21.8. The van der Waals surface area contributed by atoms with Gasteiger partial charge in [-0.15, -0.1) is 0 Å². The molecule has 3 N–H and O–H groups in total. The molecule has 0 saturated carbocycles. The first-order valence-electron chi connectivity index (χ1n) is 12.2. The van der Waals surface area contributed by atoms with Crippen molar-refractivity contribution >= 4 is 28.8 Å². The first-order chi connectivity index (χ1) is 19.9. The molecule has 3 aromatic carbocycles. The number of nitriles is 2. The summed E-state index contributed by atoms with van der Waals surface area (Å²) in [4.78, 5) is 25.9. The van der Waals surface area contributed by atoms with Gasteiger partial charge >= 0.3 is 0 Å². The Labute approximate surface area is 233 Å². The maximum atomic E-state index is 13.8. The number of rotatable bonds is 6. The summed E-state index contributed by atoms with van der Waals surface area (Å²) in [5, 5.41) is 45.3. The van der Waals surface area contributed by atoms with Gasteiger partial charge in [-0.1, -0.05) is 30.3 Å². The van der Waals surface area contributed by atoms with E-state index in [1.54, 1.807) is 25.1 Å². The second-order valence-electron chi connectivity index (χ2n) is 8.78. The van der Waals surface area contributed by atoms with Crippen molar-refractivity contribution in [2.45, 2.75) is 6.92 Å². The molecule has 0 saturated heterocycles. The largest absolute Gasteiger partial charge is 0.507 e. The third-order valence-electron chi connectivity index (χ3n) is 6.25.